The van der Waals surface area contributed by atoms with Crippen molar-refractivity contribution in [1.29, 1.82) is 0 Å². The number of methoxy groups -OCH3 is 1. The first-order valence-corrected chi connectivity index (χ1v) is 14.7. The summed E-state index contributed by atoms with van der Waals surface area (Å²) in [5, 5.41) is 5.41. The minimum Gasteiger partial charge on any atom is -0.497 e. The molecule has 0 aliphatic carbocycles. The number of benzene rings is 4. The molecular weight excluding hydrogens is 513 g/mol. The third-order valence-electron chi connectivity index (χ3n) is 8.86. The van der Waals surface area contributed by atoms with Gasteiger partial charge in [0.2, 0.25) is 0 Å². The van der Waals surface area contributed by atoms with E-state index in [-0.39, 0.29) is 11.8 Å². The first-order chi connectivity index (χ1) is 20.0. The average molecular weight is 552 g/mol. The van der Waals surface area contributed by atoms with E-state index in [1.54, 1.807) is 7.11 Å². The van der Waals surface area contributed by atoms with Crippen LogP contribution in [0, 0.1) is 5.82 Å². The summed E-state index contributed by atoms with van der Waals surface area (Å²) >= 11 is 0. The molecular formula is C35H38FN3O2. The van der Waals surface area contributed by atoms with Crippen molar-refractivity contribution >= 4 is 22.5 Å². The molecule has 4 aromatic carbocycles. The van der Waals surface area contributed by atoms with Crippen LogP contribution in [0.4, 0.5) is 14.9 Å². The number of hydrogen-bond acceptors (Lipinski definition) is 3. The van der Waals surface area contributed by atoms with Gasteiger partial charge in [0.15, 0.2) is 0 Å². The second-order valence-corrected chi connectivity index (χ2v) is 11.5. The number of urea groups is 1. The number of ether oxygens (including phenoxy) is 1. The number of amides is 2. The molecule has 2 fully saturated rings. The molecule has 0 saturated carbocycles. The SMILES string of the molecule is COc1ccc(C2CCN(Cc3ccc4cc(NC(=O)N5CCC(c6ccc(F)cc6)CC5)ccc4c3)CC2)cc1. The van der Waals surface area contributed by atoms with Crippen molar-refractivity contribution in [1.82, 2.24) is 9.80 Å². The van der Waals surface area contributed by atoms with Gasteiger partial charge in [-0.3, -0.25) is 4.90 Å². The number of rotatable bonds is 6. The predicted molar refractivity (Wildman–Crippen MR) is 163 cm³/mol. The molecule has 0 bridgehead atoms. The standard InChI is InChI=1S/C35H38FN3O2/c1-41-34-12-7-27(8-13-34)28-14-18-38(19-15-28)24-25-2-3-31-23-33(11-6-30(31)22-25)37-35(40)39-20-16-29(17-21-39)26-4-9-32(36)10-5-26/h2-13,22-23,28-29H,14-21,24H2,1H3,(H,37,40). The maximum absolute atomic E-state index is 13.3. The first kappa shape index (κ1) is 27.3. The minimum absolute atomic E-state index is 0.0587. The number of carbonyl (C=O) groups is 1. The number of halogens is 1. The summed E-state index contributed by atoms with van der Waals surface area (Å²) in [6, 6.07) is 28.0. The number of likely N-dealkylation sites (tertiary alicyclic amines) is 2. The van der Waals surface area contributed by atoms with Crippen molar-refractivity contribution in [3.05, 3.63) is 107 Å². The van der Waals surface area contributed by atoms with Gasteiger partial charge in [0.1, 0.15) is 11.6 Å². The molecule has 2 heterocycles. The van der Waals surface area contributed by atoms with Crippen LogP contribution in [-0.2, 0) is 6.54 Å². The molecule has 4 aromatic rings. The summed E-state index contributed by atoms with van der Waals surface area (Å²) in [6.45, 7) is 4.55. The fraction of sp³-hybridized carbons (Fsp3) is 0.343. The van der Waals surface area contributed by atoms with Crippen molar-refractivity contribution in [2.24, 2.45) is 0 Å². The molecule has 2 aliphatic rings. The molecule has 41 heavy (non-hydrogen) atoms. The van der Waals surface area contributed by atoms with Gasteiger partial charge in [-0.15, -0.1) is 0 Å². The van der Waals surface area contributed by atoms with E-state index >= 15 is 0 Å². The van der Waals surface area contributed by atoms with Crippen LogP contribution in [0.5, 0.6) is 5.75 Å². The summed E-state index contributed by atoms with van der Waals surface area (Å²) < 4.78 is 18.6. The maximum atomic E-state index is 13.3. The molecule has 1 N–H and O–H groups in total. The van der Waals surface area contributed by atoms with Crippen molar-refractivity contribution in [3.63, 3.8) is 0 Å². The maximum Gasteiger partial charge on any atom is 0.321 e. The molecule has 5 nitrogen and oxygen atoms in total. The second-order valence-electron chi connectivity index (χ2n) is 11.5. The van der Waals surface area contributed by atoms with Crippen LogP contribution < -0.4 is 10.1 Å². The van der Waals surface area contributed by atoms with Crippen LogP contribution in [0.1, 0.15) is 54.2 Å². The van der Waals surface area contributed by atoms with Gasteiger partial charge in [-0.2, -0.15) is 0 Å². The molecule has 0 unspecified atom stereocenters. The summed E-state index contributed by atoms with van der Waals surface area (Å²) in [5.41, 5.74) is 4.70. The monoisotopic (exact) mass is 551 g/mol. The lowest BCUT2D eigenvalue weighted by Crippen LogP contribution is -2.40. The summed E-state index contributed by atoms with van der Waals surface area (Å²) in [7, 11) is 1.71. The van der Waals surface area contributed by atoms with Crippen molar-refractivity contribution in [2.75, 3.05) is 38.6 Å². The first-order valence-electron chi connectivity index (χ1n) is 14.7. The average Bonchev–Trinajstić information content (AvgIpc) is 3.02. The topological polar surface area (TPSA) is 44.8 Å². The number of piperidine rings is 2. The zero-order valence-corrected chi connectivity index (χ0v) is 23.7. The molecule has 2 aliphatic heterocycles. The quantitative estimate of drug-likeness (QED) is 0.266. The summed E-state index contributed by atoms with van der Waals surface area (Å²) in [5.74, 6) is 1.69. The molecule has 2 amide bonds. The lowest BCUT2D eigenvalue weighted by Gasteiger charge is -2.32. The van der Waals surface area contributed by atoms with Gasteiger partial charge in [-0.05, 0) is 121 Å². The molecule has 0 radical (unpaired) electrons. The Bertz CT molecular complexity index is 1470. The van der Waals surface area contributed by atoms with E-state index in [4.69, 9.17) is 4.74 Å². The molecule has 212 valence electrons. The Morgan fingerprint density at radius 3 is 2.02 bits per heavy atom. The van der Waals surface area contributed by atoms with Crippen LogP contribution in [0.15, 0.2) is 84.9 Å². The highest BCUT2D eigenvalue weighted by molar-refractivity contribution is 5.93. The number of carbonyl (C=O) groups excluding carboxylic acids is 1. The molecule has 2 saturated heterocycles. The minimum atomic E-state index is -0.210. The third kappa shape index (κ3) is 6.54. The predicted octanol–water partition coefficient (Wildman–Crippen LogP) is 7.78. The van der Waals surface area contributed by atoms with Gasteiger partial charge in [-0.25, -0.2) is 9.18 Å². The Kier molecular flexibility index (Phi) is 8.19. The van der Waals surface area contributed by atoms with Gasteiger partial charge >= 0.3 is 6.03 Å². The van der Waals surface area contributed by atoms with E-state index in [0.29, 0.717) is 24.9 Å². The van der Waals surface area contributed by atoms with Crippen molar-refractivity contribution < 1.29 is 13.9 Å². The van der Waals surface area contributed by atoms with Gasteiger partial charge in [0.05, 0.1) is 7.11 Å². The van der Waals surface area contributed by atoms with Crippen LogP contribution in [0.3, 0.4) is 0 Å². The van der Waals surface area contributed by atoms with Gasteiger partial charge in [0, 0.05) is 25.3 Å². The van der Waals surface area contributed by atoms with Crippen molar-refractivity contribution in [3.8, 4) is 5.75 Å². The largest absolute Gasteiger partial charge is 0.497 e. The lowest BCUT2D eigenvalue weighted by atomic mass is 9.89. The van der Waals surface area contributed by atoms with E-state index in [1.807, 2.05) is 23.1 Å². The van der Waals surface area contributed by atoms with Crippen LogP contribution in [-0.4, -0.2) is 49.1 Å². The zero-order chi connectivity index (χ0) is 28.2. The molecule has 6 rings (SSSR count). The van der Waals surface area contributed by atoms with Crippen LogP contribution in [0.2, 0.25) is 0 Å². The number of nitrogens with one attached hydrogen (secondary N) is 1. The normalized spacial score (nSPS) is 17.1. The van der Waals surface area contributed by atoms with Crippen LogP contribution in [0.25, 0.3) is 10.8 Å². The Morgan fingerprint density at radius 1 is 0.780 bits per heavy atom. The van der Waals surface area contributed by atoms with Gasteiger partial charge < -0.3 is 15.0 Å². The Morgan fingerprint density at radius 2 is 1.37 bits per heavy atom. The zero-order valence-electron chi connectivity index (χ0n) is 23.7. The molecule has 0 spiro atoms. The summed E-state index contributed by atoms with van der Waals surface area (Å²) in [4.78, 5) is 17.4. The molecule has 0 atom stereocenters. The van der Waals surface area contributed by atoms with E-state index in [1.165, 1.54) is 41.5 Å². The smallest absolute Gasteiger partial charge is 0.321 e. The van der Waals surface area contributed by atoms with E-state index < -0.39 is 0 Å². The highest BCUT2D eigenvalue weighted by atomic mass is 19.1. The van der Waals surface area contributed by atoms with Gasteiger partial charge in [0.25, 0.3) is 0 Å². The Balaban J connectivity index is 1.00. The highest BCUT2D eigenvalue weighted by Gasteiger charge is 2.24. The van der Waals surface area contributed by atoms with Crippen molar-refractivity contribution in [2.45, 2.75) is 44.1 Å². The Labute approximate surface area is 241 Å². The fourth-order valence-corrected chi connectivity index (χ4v) is 6.38. The third-order valence-corrected chi connectivity index (χ3v) is 8.86. The van der Waals surface area contributed by atoms with E-state index in [9.17, 15) is 9.18 Å². The molecule has 0 aromatic heterocycles. The molecule has 6 heteroatoms. The highest BCUT2D eigenvalue weighted by Crippen LogP contribution is 2.31. The second kappa shape index (κ2) is 12.3. The van der Waals surface area contributed by atoms with Gasteiger partial charge in [-0.1, -0.05) is 42.5 Å². The number of anilines is 1. The fourth-order valence-electron chi connectivity index (χ4n) is 6.38. The van der Waals surface area contributed by atoms with E-state index in [2.05, 4.69) is 64.8 Å². The lowest BCUT2D eigenvalue weighted by molar-refractivity contribution is 0.194. The summed E-state index contributed by atoms with van der Waals surface area (Å²) in [6.07, 6.45) is 4.12. The Hall–Kier alpha value is -3.90. The number of nitrogens with zero attached hydrogens (tertiary/aromatic N) is 2. The van der Waals surface area contributed by atoms with E-state index in [0.717, 1.165) is 54.9 Å². The number of fused-ring (bicyclic) bond motifs is 1. The number of hydrogen-bond donors (Lipinski definition) is 1. The van der Waals surface area contributed by atoms with Crippen LogP contribution >= 0.6 is 0 Å².